The van der Waals surface area contributed by atoms with Crippen molar-refractivity contribution in [2.24, 2.45) is 0 Å². The number of carbonyl (C=O) groups is 1. The predicted molar refractivity (Wildman–Crippen MR) is 83.7 cm³/mol. The number of halogens is 2. The largest absolute Gasteiger partial charge is 0.308 e. The fraction of sp³-hybridized carbons (Fsp3) is 0.133. The molecule has 0 atom stereocenters. The molecule has 1 aliphatic rings. The lowest BCUT2D eigenvalue weighted by molar-refractivity contribution is 0.0989. The monoisotopic (exact) mass is 379 g/mol. The van der Waals surface area contributed by atoms with E-state index in [4.69, 9.17) is 0 Å². The Labute approximate surface area is 128 Å². The highest BCUT2D eigenvalue weighted by Crippen LogP contribution is 2.30. The SMILES string of the molecule is O=C(c1cc(Br)cc(Br)c1)N1CCc2ccccc21. The van der Waals surface area contributed by atoms with Gasteiger partial charge in [-0.3, -0.25) is 4.79 Å². The molecule has 96 valence electrons. The molecule has 0 N–H and O–H groups in total. The quantitative estimate of drug-likeness (QED) is 0.717. The van der Waals surface area contributed by atoms with Crippen LogP contribution in [0.4, 0.5) is 5.69 Å². The average molecular weight is 381 g/mol. The van der Waals surface area contributed by atoms with Crippen LogP contribution in [0.3, 0.4) is 0 Å². The number of amides is 1. The number of carbonyl (C=O) groups excluding carboxylic acids is 1. The van der Waals surface area contributed by atoms with E-state index >= 15 is 0 Å². The summed E-state index contributed by atoms with van der Waals surface area (Å²) in [6.07, 6.45) is 0.928. The molecule has 2 nitrogen and oxygen atoms in total. The van der Waals surface area contributed by atoms with E-state index in [1.54, 1.807) is 0 Å². The van der Waals surface area contributed by atoms with Gasteiger partial charge in [0, 0.05) is 26.7 Å². The van der Waals surface area contributed by atoms with Crippen molar-refractivity contribution in [2.45, 2.75) is 6.42 Å². The molecule has 0 aliphatic carbocycles. The predicted octanol–water partition coefficient (Wildman–Crippen LogP) is 4.41. The fourth-order valence-corrected chi connectivity index (χ4v) is 3.68. The van der Waals surface area contributed by atoms with Crippen LogP contribution in [0.1, 0.15) is 15.9 Å². The van der Waals surface area contributed by atoms with Crippen molar-refractivity contribution < 1.29 is 4.79 Å². The summed E-state index contributed by atoms with van der Waals surface area (Å²) >= 11 is 6.84. The Hall–Kier alpha value is -1.13. The smallest absolute Gasteiger partial charge is 0.258 e. The van der Waals surface area contributed by atoms with Gasteiger partial charge in [0.25, 0.3) is 5.91 Å². The third-order valence-corrected chi connectivity index (χ3v) is 4.16. The van der Waals surface area contributed by atoms with E-state index in [2.05, 4.69) is 37.9 Å². The summed E-state index contributed by atoms with van der Waals surface area (Å²) in [4.78, 5) is 14.4. The fourth-order valence-electron chi connectivity index (χ4n) is 2.38. The Morgan fingerprint density at radius 2 is 1.74 bits per heavy atom. The molecular formula is C15H11Br2NO. The summed E-state index contributed by atoms with van der Waals surface area (Å²) in [6, 6.07) is 13.7. The van der Waals surface area contributed by atoms with Gasteiger partial charge in [0.1, 0.15) is 0 Å². The minimum absolute atomic E-state index is 0.0481. The molecule has 0 saturated carbocycles. The van der Waals surface area contributed by atoms with E-state index in [0.29, 0.717) is 5.56 Å². The van der Waals surface area contributed by atoms with E-state index in [1.807, 2.05) is 41.3 Å². The Bertz CT molecular complexity index is 634. The van der Waals surface area contributed by atoms with Gasteiger partial charge in [-0.2, -0.15) is 0 Å². The molecule has 2 aromatic rings. The van der Waals surface area contributed by atoms with Crippen LogP contribution in [0.2, 0.25) is 0 Å². The van der Waals surface area contributed by atoms with E-state index in [0.717, 1.165) is 27.6 Å². The van der Waals surface area contributed by atoms with E-state index < -0.39 is 0 Å². The Morgan fingerprint density at radius 1 is 1.05 bits per heavy atom. The standard InChI is InChI=1S/C15H11Br2NO/c16-12-7-11(8-13(17)9-12)15(19)18-6-5-10-3-1-2-4-14(10)18/h1-4,7-9H,5-6H2. The van der Waals surface area contributed by atoms with Crippen molar-refractivity contribution in [2.75, 3.05) is 11.4 Å². The molecule has 0 bridgehead atoms. The second kappa shape index (κ2) is 5.10. The summed E-state index contributed by atoms with van der Waals surface area (Å²) in [7, 11) is 0. The first-order valence-electron chi connectivity index (χ1n) is 6.01. The Morgan fingerprint density at radius 3 is 2.47 bits per heavy atom. The number of rotatable bonds is 1. The van der Waals surface area contributed by atoms with Crippen molar-refractivity contribution in [3.05, 3.63) is 62.5 Å². The van der Waals surface area contributed by atoms with E-state index in [-0.39, 0.29) is 5.91 Å². The maximum absolute atomic E-state index is 12.6. The molecule has 2 aromatic carbocycles. The van der Waals surface area contributed by atoms with Gasteiger partial charge < -0.3 is 4.90 Å². The van der Waals surface area contributed by atoms with E-state index in [9.17, 15) is 4.79 Å². The van der Waals surface area contributed by atoms with Crippen LogP contribution in [0.25, 0.3) is 0 Å². The zero-order valence-electron chi connectivity index (χ0n) is 10.1. The van der Waals surface area contributed by atoms with Crippen LogP contribution in [-0.4, -0.2) is 12.5 Å². The van der Waals surface area contributed by atoms with Gasteiger partial charge in [-0.15, -0.1) is 0 Å². The van der Waals surface area contributed by atoms with Crippen LogP contribution in [0, 0.1) is 0 Å². The van der Waals surface area contributed by atoms with Crippen molar-refractivity contribution >= 4 is 43.5 Å². The maximum atomic E-state index is 12.6. The number of nitrogens with zero attached hydrogens (tertiary/aromatic N) is 1. The van der Waals surface area contributed by atoms with Crippen LogP contribution < -0.4 is 4.90 Å². The molecule has 4 heteroatoms. The third-order valence-electron chi connectivity index (χ3n) is 3.24. The van der Waals surface area contributed by atoms with Crippen molar-refractivity contribution in [1.29, 1.82) is 0 Å². The molecule has 0 aromatic heterocycles. The normalized spacial score (nSPS) is 13.5. The number of hydrogen-bond donors (Lipinski definition) is 0. The third kappa shape index (κ3) is 2.47. The minimum Gasteiger partial charge on any atom is -0.308 e. The summed E-state index contributed by atoms with van der Waals surface area (Å²) in [5, 5.41) is 0. The first-order valence-corrected chi connectivity index (χ1v) is 7.59. The lowest BCUT2D eigenvalue weighted by Crippen LogP contribution is -2.28. The summed E-state index contributed by atoms with van der Waals surface area (Å²) in [6.45, 7) is 0.752. The van der Waals surface area contributed by atoms with Gasteiger partial charge in [0.15, 0.2) is 0 Å². The van der Waals surface area contributed by atoms with Gasteiger partial charge in [-0.05, 0) is 36.2 Å². The van der Waals surface area contributed by atoms with Gasteiger partial charge in [0.05, 0.1) is 0 Å². The second-order valence-electron chi connectivity index (χ2n) is 4.49. The first-order chi connectivity index (χ1) is 9.15. The van der Waals surface area contributed by atoms with E-state index in [1.165, 1.54) is 5.56 Å². The van der Waals surface area contributed by atoms with Crippen LogP contribution in [0.5, 0.6) is 0 Å². The van der Waals surface area contributed by atoms with Crippen LogP contribution in [-0.2, 0) is 6.42 Å². The highest BCUT2D eigenvalue weighted by Gasteiger charge is 2.25. The lowest BCUT2D eigenvalue weighted by Gasteiger charge is -2.17. The molecule has 0 saturated heterocycles. The molecule has 0 spiro atoms. The second-order valence-corrected chi connectivity index (χ2v) is 6.32. The molecule has 0 radical (unpaired) electrons. The van der Waals surface area contributed by atoms with Crippen molar-refractivity contribution in [1.82, 2.24) is 0 Å². The average Bonchev–Trinajstić information content (AvgIpc) is 2.80. The van der Waals surface area contributed by atoms with Crippen molar-refractivity contribution in [3.63, 3.8) is 0 Å². The van der Waals surface area contributed by atoms with Crippen LogP contribution >= 0.6 is 31.9 Å². The molecule has 1 heterocycles. The molecular weight excluding hydrogens is 370 g/mol. The number of anilines is 1. The molecule has 1 aliphatic heterocycles. The summed E-state index contributed by atoms with van der Waals surface area (Å²) in [5.41, 5.74) is 2.96. The number of benzene rings is 2. The topological polar surface area (TPSA) is 20.3 Å². The molecule has 3 rings (SSSR count). The highest BCUT2D eigenvalue weighted by molar-refractivity contribution is 9.11. The number of para-hydroxylation sites is 1. The molecule has 0 fully saturated rings. The Kier molecular flexibility index (Phi) is 3.46. The molecule has 0 unspecified atom stereocenters. The van der Waals surface area contributed by atoms with Gasteiger partial charge in [-0.25, -0.2) is 0 Å². The number of fused-ring (bicyclic) bond motifs is 1. The van der Waals surface area contributed by atoms with Crippen molar-refractivity contribution in [3.8, 4) is 0 Å². The molecule has 1 amide bonds. The maximum Gasteiger partial charge on any atom is 0.258 e. The van der Waals surface area contributed by atoms with Gasteiger partial charge >= 0.3 is 0 Å². The van der Waals surface area contributed by atoms with Gasteiger partial charge in [-0.1, -0.05) is 50.1 Å². The number of hydrogen-bond acceptors (Lipinski definition) is 1. The first kappa shape index (κ1) is 12.9. The zero-order valence-corrected chi connectivity index (χ0v) is 13.2. The van der Waals surface area contributed by atoms with Crippen LogP contribution in [0.15, 0.2) is 51.4 Å². The minimum atomic E-state index is 0.0481. The molecule has 19 heavy (non-hydrogen) atoms. The lowest BCUT2D eigenvalue weighted by atomic mass is 10.1. The van der Waals surface area contributed by atoms with Gasteiger partial charge in [0.2, 0.25) is 0 Å². The Balaban J connectivity index is 1.98. The highest BCUT2D eigenvalue weighted by atomic mass is 79.9. The zero-order chi connectivity index (χ0) is 13.4. The summed E-state index contributed by atoms with van der Waals surface area (Å²) in [5.74, 6) is 0.0481. The summed E-state index contributed by atoms with van der Waals surface area (Å²) < 4.78 is 1.80.